The molecule has 0 saturated carbocycles. The highest BCUT2D eigenvalue weighted by molar-refractivity contribution is 5.40. The van der Waals surface area contributed by atoms with Gasteiger partial charge in [0.2, 0.25) is 0 Å². The second-order valence-corrected chi connectivity index (χ2v) is 4.39. The molecular formula is C13H14N2O3. The van der Waals surface area contributed by atoms with Crippen LogP contribution in [0.4, 0.5) is 0 Å². The number of fused-ring (bicyclic) bond motifs is 1. The maximum atomic E-state index is 9.41. The molecule has 0 radical (unpaired) electrons. The van der Waals surface area contributed by atoms with E-state index in [1.165, 1.54) is 0 Å². The Hall–Kier alpha value is -1.88. The molecule has 5 nitrogen and oxygen atoms in total. The van der Waals surface area contributed by atoms with Crippen molar-refractivity contribution in [2.45, 2.75) is 25.4 Å². The molecule has 1 N–H and O–H groups in total. The van der Waals surface area contributed by atoms with Crippen LogP contribution in [0, 0.1) is 0 Å². The zero-order valence-corrected chi connectivity index (χ0v) is 10.0. The Balaban J connectivity index is 1.97. The zero-order valence-electron chi connectivity index (χ0n) is 10.0. The topological polar surface area (TPSA) is 68.4 Å². The van der Waals surface area contributed by atoms with Crippen LogP contribution < -0.4 is 4.74 Å². The molecule has 2 aromatic rings. The maximum Gasteiger partial charge on any atom is 0.255 e. The molecular weight excluding hydrogens is 232 g/mol. The normalized spacial score (nSPS) is 20.0. The van der Waals surface area contributed by atoms with E-state index in [4.69, 9.17) is 9.26 Å². The molecule has 18 heavy (non-hydrogen) atoms. The van der Waals surface area contributed by atoms with E-state index in [1.807, 2.05) is 24.3 Å². The lowest BCUT2D eigenvalue weighted by molar-refractivity contribution is 0.151. The van der Waals surface area contributed by atoms with Gasteiger partial charge in [0.15, 0.2) is 5.82 Å². The van der Waals surface area contributed by atoms with Crippen LogP contribution in [0.1, 0.15) is 42.6 Å². The summed E-state index contributed by atoms with van der Waals surface area (Å²) in [5, 5.41) is 13.4. The number of aliphatic hydroxyl groups is 1. The summed E-state index contributed by atoms with van der Waals surface area (Å²) in [6.07, 6.45) is 0.0804. The van der Waals surface area contributed by atoms with Gasteiger partial charge in [0.1, 0.15) is 11.9 Å². The molecule has 2 heterocycles. The predicted molar refractivity (Wildman–Crippen MR) is 63.3 cm³/mol. The number of para-hydroxylation sites is 1. The van der Waals surface area contributed by atoms with Crippen LogP contribution >= 0.6 is 0 Å². The van der Waals surface area contributed by atoms with Gasteiger partial charge in [0.25, 0.3) is 5.89 Å². The standard InChI is InChI=1S/C13H14N2O3/c1-8(16)13-14-12(15-18-13)10-6-7-17-11-5-3-2-4-9(10)11/h2-5,8,10,16H,6-7H2,1H3. The second kappa shape index (κ2) is 4.42. The van der Waals surface area contributed by atoms with E-state index >= 15 is 0 Å². The third-order valence-electron chi connectivity index (χ3n) is 3.09. The highest BCUT2D eigenvalue weighted by Gasteiger charge is 2.27. The van der Waals surface area contributed by atoms with E-state index in [-0.39, 0.29) is 11.8 Å². The van der Waals surface area contributed by atoms with Gasteiger partial charge in [-0.05, 0) is 19.4 Å². The fraction of sp³-hybridized carbons (Fsp3) is 0.385. The Morgan fingerprint density at radius 3 is 3.00 bits per heavy atom. The monoisotopic (exact) mass is 246 g/mol. The van der Waals surface area contributed by atoms with E-state index in [2.05, 4.69) is 10.1 Å². The van der Waals surface area contributed by atoms with Crippen molar-refractivity contribution < 1.29 is 14.4 Å². The lowest BCUT2D eigenvalue weighted by Gasteiger charge is -2.23. The second-order valence-electron chi connectivity index (χ2n) is 4.39. The van der Waals surface area contributed by atoms with E-state index in [9.17, 15) is 5.11 Å². The van der Waals surface area contributed by atoms with Gasteiger partial charge >= 0.3 is 0 Å². The Morgan fingerprint density at radius 2 is 2.22 bits per heavy atom. The summed E-state index contributed by atoms with van der Waals surface area (Å²) < 4.78 is 10.6. The molecule has 0 aliphatic carbocycles. The first kappa shape index (κ1) is 11.2. The zero-order chi connectivity index (χ0) is 12.5. The van der Waals surface area contributed by atoms with Crippen molar-refractivity contribution in [3.63, 3.8) is 0 Å². The SMILES string of the molecule is CC(O)c1nc(C2CCOc3ccccc32)no1. The smallest absolute Gasteiger partial charge is 0.255 e. The summed E-state index contributed by atoms with van der Waals surface area (Å²) in [6.45, 7) is 2.25. The average Bonchev–Trinajstić information content (AvgIpc) is 2.87. The molecule has 94 valence electrons. The number of rotatable bonds is 2. The van der Waals surface area contributed by atoms with Crippen LogP contribution in [0.25, 0.3) is 0 Å². The first-order chi connectivity index (χ1) is 8.75. The van der Waals surface area contributed by atoms with Crippen molar-refractivity contribution in [1.29, 1.82) is 0 Å². The number of nitrogens with zero attached hydrogens (tertiary/aromatic N) is 2. The predicted octanol–water partition coefficient (Wildman–Crippen LogP) is 2.04. The molecule has 3 rings (SSSR count). The van der Waals surface area contributed by atoms with Gasteiger partial charge in [-0.2, -0.15) is 4.98 Å². The minimum absolute atomic E-state index is 0.0752. The third kappa shape index (κ3) is 1.86. The largest absolute Gasteiger partial charge is 0.493 e. The van der Waals surface area contributed by atoms with Crippen molar-refractivity contribution in [2.24, 2.45) is 0 Å². The van der Waals surface area contributed by atoms with Crippen molar-refractivity contribution >= 4 is 0 Å². The lowest BCUT2D eigenvalue weighted by atomic mass is 9.92. The number of aliphatic hydroxyl groups excluding tert-OH is 1. The first-order valence-electron chi connectivity index (χ1n) is 5.99. The summed E-state index contributed by atoms with van der Waals surface area (Å²) in [6, 6.07) is 7.86. The Morgan fingerprint density at radius 1 is 1.39 bits per heavy atom. The molecule has 1 aliphatic rings. The molecule has 2 atom stereocenters. The van der Waals surface area contributed by atoms with Crippen molar-refractivity contribution in [3.05, 3.63) is 41.5 Å². The van der Waals surface area contributed by atoms with Gasteiger partial charge in [-0.3, -0.25) is 0 Å². The van der Waals surface area contributed by atoms with Gasteiger partial charge in [-0.1, -0.05) is 23.4 Å². The molecule has 1 aromatic heterocycles. The lowest BCUT2D eigenvalue weighted by Crippen LogP contribution is -2.16. The van der Waals surface area contributed by atoms with E-state index < -0.39 is 6.10 Å². The van der Waals surface area contributed by atoms with Gasteiger partial charge in [0, 0.05) is 5.56 Å². The summed E-state index contributed by atoms with van der Waals surface area (Å²) in [5.74, 6) is 1.82. The molecule has 0 amide bonds. The molecule has 1 aromatic carbocycles. The molecule has 1 aliphatic heterocycles. The summed E-state index contributed by atoms with van der Waals surface area (Å²) in [7, 11) is 0. The summed E-state index contributed by atoms with van der Waals surface area (Å²) in [4.78, 5) is 4.25. The van der Waals surface area contributed by atoms with E-state index in [1.54, 1.807) is 6.92 Å². The number of hydrogen-bond donors (Lipinski definition) is 1. The Labute approximate surface area is 104 Å². The number of ether oxygens (including phenoxy) is 1. The van der Waals surface area contributed by atoms with Crippen molar-refractivity contribution in [2.75, 3.05) is 6.61 Å². The molecule has 0 bridgehead atoms. The minimum Gasteiger partial charge on any atom is -0.493 e. The van der Waals surface area contributed by atoms with Crippen LogP contribution in [-0.2, 0) is 0 Å². The van der Waals surface area contributed by atoms with Crippen LogP contribution in [0.5, 0.6) is 5.75 Å². The van der Waals surface area contributed by atoms with E-state index in [0.717, 1.165) is 17.7 Å². The number of aromatic nitrogens is 2. The molecule has 0 fully saturated rings. The fourth-order valence-electron chi connectivity index (χ4n) is 2.17. The van der Waals surface area contributed by atoms with Crippen LogP contribution in [0.3, 0.4) is 0 Å². The van der Waals surface area contributed by atoms with E-state index in [0.29, 0.717) is 12.4 Å². The highest BCUT2D eigenvalue weighted by Crippen LogP contribution is 2.36. The number of benzene rings is 1. The number of hydrogen-bond acceptors (Lipinski definition) is 5. The maximum absolute atomic E-state index is 9.41. The molecule has 5 heteroatoms. The fourth-order valence-corrected chi connectivity index (χ4v) is 2.17. The minimum atomic E-state index is -0.735. The van der Waals surface area contributed by atoms with Crippen LogP contribution in [-0.4, -0.2) is 21.9 Å². The summed E-state index contributed by atoms with van der Waals surface area (Å²) in [5.41, 5.74) is 1.07. The molecule has 0 saturated heterocycles. The van der Waals surface area contributed by atoms with Gasteiger partial charge in [-0.15, -0.1) is 0 Å². The highest BCUT2D eigenvalue weighted by atomic mass is 16.5. The molecule has 2 unspecified atom stereocenters. The van der Waals surface area contributed by atoms with Crippen molar-refractivity contribution in [1.82, 2.24) is 10.1 Å². The summed E-state index contributed by atoms with van der Waals surface area (Å²) >= 11 is 0. The van der Waals surface area contributed by atoms with Gasteiger partial charge < -0.3 is 14.4 Å². The van der Waals surface area contributed by atoms with Crippen LogP contribution in [0.2, 0.25) is 0 Å². The first-order valence-corrected chi connectivity index (χ1v) is 5.99. The Bertz CT molecular complexity index is 551. The average molecular weight is 246 g/mol. The van der Waals surface area contributed by atoms with Gasteiger partial charge in [0.05, 0.1) is 12.5 Å². The third-order valence-corrected chi connectivity index (χ3v) is 3.09. The van der Waals surface area contributed by atoms with Crippen molar-refractivity contribution in [3.8, 4) is 5.75 Å². The Kier molecular flexibility index (Phi) is 2.76. The quantitative estimate of drug-likeness (QED) is 0.878. The molecule has 0 spiro atoms. The van der Waals surface area contributed by atoms with Gasteiger partial charge in [-0.25, -0.2) is 0 Å². The van der Waals surface area contributed by atoms with Crippen LogP contribution in [0.15, 0.2) is 28.8 Å².